The molecule has 1 N–H and O–H groups in total. The minimum absolute atomic E-state index is 0.160. The number of hydrogen-bond acceptors (Lipinski definition) is 2. The first kappa shape index (κ1) is 16.0. The van der Waals surface area contributed by atoms with Crippen molar-refractivity contribution in [3.63, 3.8) is 0 Å². The molecule has 3 aromatic carbocycles. The number of para-hydroxylation sites is 1. The molecule has 0 radical (unpaired) electrons. The van der Waals surface area contributed by atoms with E-state index in [1.54, 1.807) is 18.2 Å². The van der Waals surface area contributed by atoms with E-state index in [2.05, 4.69) is 9.71 Å². The van der Waals surface area contributed by atoms with Gasteiger partial charge in [0.2, 0.25) is 0 Å². The minimum atomic E-state index is -3.80. The molecule has 0 unspecified atom stereocenters. The van der Waals surface area contributed by atoms with Crippen molar-refractivity contribution in [3.8, 4) is 0 Å². The molecule has 0 aliphatic heterocycles. The van der Waals surface area contributed by atoms with Crippen molar-refractivity contribution in [2.45, 2.75) is 4.90 Å². The van der Waals surface area contributed by atoms with E-state index >= 15 is 0 Å². The molecule has 0 amide bonds. The van der Waals surface area contributed by atoms with E-state index < -0.39 is 10.0 Å². The molecule has 3 rings (SSSR count). The third-order valence-corrected chi connectivity index (χ3v) is 4.63. The summed E-state index contributed by atoms with van der Waals surface area (Å²) in [4.78, 5) is 0.160. The fourth-order valence-corrected chi connectivity index (χ4v) is 3.17. The molecule has 24 heavy (non-hydrogen) atoms. The second-order valence-corrected chi connectivity index (χ2v) is 6.69. The number of rotatable bonds is 4. The molecule has 0 spiro atoms. The van der Waals surface area contributed by atoms with Crippen molar-refractivity contribution in [1.82, 2.24) is 0 Å². The van der Waals surface area contributed by atoms with Crippen LogP contribution in [0.4, 0.5) is 5.69 Å². The van der Waals surface area contributed by atoms with Crippen LogP contribution >= 0.6 is 0 Å². The molecule has 0 heterocycles. The second kappa shape index (κ2) is 7.10. The summed E-state index contributed by atoms with van der Waals surface area (Å²) in [6, 6.07) is 26.7. The molecule has 0 aromatic heterocycles. The van der Waals surface area contributed by atoms with Gasteiger partial charge in [-0.3, -0.25) is 0 Å². The molecule has 0 aliphatic rings. The van der Waals surface area contributed by atoms with Crippen LogP contribution in [0, 0.1) is 0 Å². The van der Waals surface area contributed by atoms with Gasteiger partial charge >= 0.3 is 0 Å². The summed E-state index contributed by atoms with van der Waals surface area (Å²) in [5.41, 5.74) is 1.46. The third-order valence-electron chi connectivity index (χ3n) is 3.34. The molecule has 0 fully saturated rings. The predicted octanol–water partition coefficient (Wildman–Crippen LogP) is 3.93. The van der Waals surface area contributed by atoms with E-state index in [0.717, 1.165) is 5.69 Å². The lowest BCUT2D eigenvalue weighted by molar-refractivity contribution is 0.598. The van der Waals surface area contributed by atoms with Crippen LogP contribution in [0.5, 0.6) is 0 Å². The molecule has 4 nitrogen and oxygen atoms in total. The van der Waals surface area contributed by atoms with Gasteiger partial charge in [0.15, 0.2) is 5.84 Å². The van der Waals surface area contributed by atoms with Gasteiger partial charge in [-0.05, 0) is 24.3 Å². The number of benzene rings is 3. The Morgan fingerprint density at radius 1 is 0.708 bits per heavy atom. The number of anilines is 1. The molecule has 0 bridgehead atoms. The number of hydrogen-bond donors (Lipinski definition) is 1. The molecular weight excluding hydrogens is 320 g/mol. The van der Waals surface area contributed by atoms with E-state index in [0.29, 0.717) is 5.56 Å². The van der Waals surface area contributed by atoms with E-state index in [9.17, 15) is 8.42 Å². The summed E-state index contributed by atoms with van der Waals surface area (Å²) in [6.07, 6.45) is 0. The predicted molar refractivity (Wildman–Crippen MR) is 96.7 cm³/mol. The Balaban J connectivity index is 2.04. The van der Waals surface area contributed by atoms with Gasteiger partial charge in [0.05, 0.1) is 4.90 Å². The zero-order valence-electron chi connectivity index (χ0n) is 12.8. The molecule has 0 saturated heterocycles. The highest BCUT2D eigenvalue weighted by Gasteiger charge is 2.15. The average Bonchev–Trinajstić information content (AvgIpc) is 2.63. The summed E-state index contributed by atoms with van der Waals surface area (Å²) in [6.45, 7) is 0. The van der Waals surface area contributed by atoms with Gasteiger partial charge in [-0.2, -0.15) is 8.42 Å². The Bertz CT molecular complexity index is 923. The topological polar surface area (TPSA) is 58.5 Å². The molecule has 5 heteroatoms. The lowest BCUT2D eigenvalue weighted by Gasteiger charge is -2.10. The fraction of sp³-hybridized carbons (Fsp3) is 0. The van der Waals surface area contributed by atoms with Crippen molar-refractivity contribution in [1.29, 1.82) is 0 Å². The van der Waals surface area contributed by atoms with Gasteiger partial charge in [-0.15, -0.1) is 4.40 Å². The summed E-state index contributed by atoms with van der Waals surface area (Å²) >= 11 is 0. The first-order valence-corrected chi connectivity index (χ1v) is 8.87. The quantitative estimate of drug-likeness (QED) is 0.580. The van der Waals surface area contributed by atoms with Gasteiger partial charge in [0.25, 0.3) is 10.0 Å². The van der Waals surface area contributed by atoms with Crippen LogP contribution < -0.4 is 5.32 Å². The van der Waals surface area contributed by atoms with Crippen molar-refractivity contribution in [2.24, 2.45) is 4.40 Å². The maximum atomic E-state index is 12.6. The smallest absolute Gasteiger partial charge is 0.284 e. The monoisotopic (exact) mass is 336 g/mol. The van der Waals surface area contributed by atoms with E-state index in [4.69, 9.17) is 0 Å². The zero-order chi connectivity index (χ0) is 16.8. The highest BCUT2D eigenvalue weighted by Crippen LogP contribution is 2.15. The largest absolute Gasteiger partial charge is 0.339 e. The number of amidine groups is 1. The molecule has 120 valence electrons. The zero-order valence-corrected chi connectivity index (χ0v) is 13.6. The Hall–Kier alpha value is -2.92. The van der Waals surface area contributed by atoms with Gasteiger partial charge < -0.3 is 5.32 Å². The lowest BCUT2D eigenvalue weighted by atomic mass is 10.2. The van der Waals surface area contributed by atoms with Crippen molar-refractivity contribution in [3.05, 3.63) is 96.6 Å². The summed E-state index contributed by atoms with van der Waals surface area (Å²) in [5.74, 6) is 0.283. The maximum absolute atomic E-state index is 12.6. The lowest BCUT2D eigenvalue weighted by Crippen LogP contribution is -2.16. The minimum Gasteiger partial charge on any atom is -0.339 e. The van der Waals surface area contributed by atoms with Crippen LogP contribution in [0.2, 0.25) is 0 Å². The first-order chi connectivity index (χ1) is 11.6. The number of nitrogens with zero attached hydrogens (tertiary/aromatic N) is 1. The van der Waals surface area contributed by atoms with E-state index in [1.165, 1.54) is 12.1 Å². The Kier molecular flexibility index (Phi) is 4.72. The van der Waals surface area contributed by atoms with Crippen LogP contribution in [0.3, 0.4) is 0 Å². The molecule has 0 saturated carbocycles. The van der Waals surface area contributed by atoms with Crippen LogP contribution in [-0.2, 0) is 10.0 Å². The number of sulfonamides is 1. The van der Waals surface area contributed by atoms with Crippen molar-refractivity contribution in [2.75, 3.05) is 5.32 Å². The summed E-state index contributed by atoms with van der Waals surface area (Å²) < 4.78 is 29.2. The number of nitrogens with one attached hydrogen (secondary N) is 1. The molecule has 3 aromatic rings. The van der Waals surface area contributed by atoms with Crippen molar-refractivity contribution < 1.29 is 8.42 Å². The summed E-state index contributed by atoms with van der Waals surface area (Å²) in [7, 11) is -3.80. The highest BCUT2D eigenvalue weighted by atomic mass is 32.2. The highest BCUT2D eigenvalue weighted by molar-refractivity contribution is 7.90. The van der Waals surface area contributed by atoms with E-state index in [-0.39, 0.29) is 10.7 Å². The van der Waals surface area contributed by atoms with Crippen LogP contribution in [0.15, 0.2) is 100 Å². The summed E-state index contributed by atoms with van der Waals surface area (Å²) in [5, 5.41) is 3.09. The normalized spacial score (nSPS) is 11.9. The standard InChI is InChI=1S/C19H16N2O2S/c22-24(23,18-14-8-3-9-15-18)21-19(16-10-4-1-5-11-16)20-17-12-6-2-7-13-17/h1-15H,(H,20,21). The SMILES string of the molecule is O=S(=O)(/N=C(/Nc1ccccc1)c1ccccc1)c1ccccc1. The van der Waals surface area contributed by atoms with E-state index in [1.807, 2.05) is 60.7 Å². The molecule has 0 atom stereocenters. The van der Waals surface area contributed by atoms with Crippen LogP contribution in [0.1, 0.15) is 5.56 Å². The Morgan fingerprint density at radius 2 is 1.21 bits per heavy atom. The van der Waals surface area contributed by atoms with Gasteiger partial charge in [-0.25, -0.2) is 0 Å². The van der Waals surface area contributed by atoms with Crippen molar-refractivity contribution >= 4 is 21.5 Å². The van der Waals surface area contributed by atoms with Gasteiger partial charge in [0, 0.05) is 11.3 Å². The third kappa shape index (κ3) is 3.88. The van der Waals surface area contributed by atoms with Crippen LogP contribution in [-0.4, -0.2) is 14.3 Å². The van der Waals surface area contributed by atoms with Gasteiger partial charge in [-0.1, -0.05) is 66.7 Å². The Labute approximate surface area is 141 Å². The maximum Gasteiger partial charge on any atom is 0.284 e. The fourth-order valence-electron chi connectivity index (χ4n) is 2.17. The Morgan fingerprint density at radius 3 is 1.79 bits per heavy atom. The van der Waals surface area contributed by atoms with Gasteiger partial charge in [0.1, 0.15) is 0 Å². The average molecular weight is 336 g/mol. The first-order valence-electron chi connectivity index (χ1n) is 7.43. The molecular formula is C19H16N2O2S. The molecule has 0 aliphatic carbocycles. The van der Waals surface area contributed by atoms with Crippen LogP contribution in [0.25, 0.3) is 0 Å². The second-order valence-electron chi connectivity index (χ2n) is 5.09.